The standard InChI is InChI=1S/C17H20O2/c1-5-12-7-11(4)16-13(9-12)10(3)8-14(17(16)19)15(18)6-2/h7-10H,5-6H2,1-4H3. The second-order valence-electron chi connectivity index (χ2n) is 5.21. The zero-order chi connectivity index (χ0) is 14.2. The zero-order valence-electron chi connectivity index (χ0n) is 12.0. The summed E-state index contributed by atoms with van der Waals surface area (Å²) in [5.74, 6) is -0.0232. The molecule has 1 aliphatic carbocycles. The number of ketones is 2. The summed E-state index contributed by atoms with van der Waals surface area (Å²) in [5, 5.41) is 0. The van der Waals surface area contributed by atoms with Crippen molar-refractivity contribution in [1.82, 2.24) is 0 Å². The van der Waals surface area contributed by atoms with E-state index in [-0.39, 0.29) is 17.5 Å². The number of hydrogen-bond donors (Lipinski definition) is 0. The molecule has 1 aromatic carbocycles. The number of benzene rings is 1. The maximum absolute atomic E-state index is 12.5. The van der Waals surface area contributed by atoms with Gasteiger partial charge in [0.25, 0.3) is 0 Å². The zero-order valence-corrected chi connectivity index (χ0v) is 12.0. The molecule has 0 bridgehead atoms. The summed E-state index contributed by atoms with van der Waals surface area (Å²) in [6.07, 6.45) is 3.17. The van der Waals surface area contributed by atoms with Crippen molar-refractivity contribution < 1.29 is 9.59 Å². The summed E-state index contributed by atoms with van der Waals surface area (Å²) in [5.41, 5.74) is 4.41. The largest absolute Gasteiger partial charge is 0.294 e. The number of carbonyl (C=O) groups excluding carboxylic acids is 2. The van der Waals surface area contributed by atoms with E-state index in [0.29, 0.717) is 12.0 Å². The van der Waals surface area contributed by atoms with Gasteiger partial charge in [0.1, 0.15) is 0 Å². The number of fused-ring (bicyclic) bond motifs is 1. The highest BCUT2D eigenvalue weighted by atomic mass is 16.1. The Morgan fingerprint density at radius 3 is 2.53 bits per heavy atom. The number of carbonyl (C=O) groups is 2. The summed E-state index contributed by atoms with van der Waals surface area (Å²) in [7, 11) is 0. The number of allylic oxidation sites excluding steroid dienone is 2. The molecule has 0 heterocycles. The molecule has 2 nitrogen and oxygen atoms in total. The molecule has 0 aromatic heterocycles. The van der Waals surface area contributed by atoms with Crippen molar-refractivity contribution in [2.45, 2.75) is 46.5 Å². The predicted molar refractivity (Wildman–Crippen MR) is 76.7 cm³/mol. The molecule has 1 atom stereocenters. The Morgan fingerprint density at radius 1 is 1.26 bits per heavy atom. The summed E-state index contributed by atoms with van der Waals surface area (Å²) < 4.78 is 0. The van der Waals surface area contributed by atoms with Crippen LogP contribution in [0.4, 0.5) is 0 Å². The van der Waals surface area contributed by atoms with E-state index in [0.717, 1.165) is 23.1 Å². The van der Waals surface area contributed by atoms with Crippen LogP contribution in [0.25, 0.3) is 0 Å². The summed E-state index contributed by atoms with van der Waals surface area (Å²) in [4.78, 5) is 24.4. The van der Waals surface area contributed by atoms with Crippen LogP contribution in [0, 0.1) is 6.92 Å². The molecule has 2 heteroatoms. The molecule has 100 valence electrons. The van der Waals surface area contributed by atoms with Crippen LogP contribution < -0.4 is 0 Å². The molecular formula is C17H20O2. The molecule has 1 aromatic rings. The van der Waals surface area contributed by atoms with E-state index in [2.05, 4.69) is 19.1 Å². The van der Waals surface area contributed by atoms with E-state index in [9.17, 15) is 9.59 Å². The first-order valence-electron chi connectivity index (χ1n) is 6.92. The smallest absolute Gasteiger partial charge is 0.196 e. The molecular weight excluding hydrogens is 236 g/mol. The van der Waals surface area contributed by atoms with Gasteiger partial charge >= 0.3 is 0 Å². The third-order valence-electron chi connectivity index (χ3n) is 3.83. The number of rotatable bonds is 3. The molecule has 1 unspecified atom stereocenters. The molecule has 0 fully saturated rings. The van der Waals surface area contributed by atoms with Crippen LogP contribution in [0.1, 0.15) is 60.2 Å². The van der Waals surface area contributed by atoms with Gasteiger partial charge in [0.2, 0.25) is 0 Å². The van der Waals surface area contributed by atoms with Crippen molar-refractivity contribution in [3.63, 3.8) is 0 Å². The second kappa shape index (κ2) is 5.12. The number of Topliss-reactive ketones (excluding diaryl/α,β-unsaturated/α-hetero) is 2. The van der Waals surface area contributed by atoms with Gasteiger partial charge in [0.15, 0.2) is 11.6 Å². The van der Waals surface area contributed by atoms with Crippen LogP contribution in [0.3, 0.4) is 0 Å². The summed E-state index contributed by atoms with van der Waals surface area (Å²) in [6.45, 7) is 7.91. The quantitative estimate of drug-likeness (QED) is 0.772. The average molecular weight is 256 g/mol. The van der Waals surface area contributed by atoms with Crippen LogP contribution in [0.5, 0.6) is 0 Å². The Balaban J connectivity index is 2.60. The molecule has 0 spiro atoms. The van der Waals surface area contributed by atoms with Crippen LogP contribution in [-0.2, 0) is 11.2 Å². The molecule has 0 radical (unpaired) electrons. The van der Waals surface area contributed by atoms with Gasteiger partial charge < -0.3 is 0 Å². The van der Waals surface area contributed by atoms with Crippen LogP contribution in [0.15, 0.2) is 23.8 Å². The van der Waals surface area contributed by atoms with Gasteiger partial charge in [0.05, 0.1) is 5.57 Å². The Hall–Kier alpha value is -1.70. The van der Waals surface area contributed by atoms with Crippen molar-refractivity contribution in [2.24, 2.45) is 0 Å². The van der Waals surface area contributed by atoms with Crippen molar-refractivity contribution in [2.75, 3.05) is 0 Å². The number of aryl methyl sites for hydroxylation is 2. The molecule has 19 heavy (non-hydrogen) atoms. The van der Waals surface area contributed by atoms with E-state index >= 15 is 0 Å². The molecule has 0 saturated carbocycles. The minimum absolute atomic E-state index is 0.0542. The lowest BCUT2D eigenvalue weighted by Gasteiger charge is -2.23. The van der Waals surface area contributed by atoms with E-state index in [1.54, 1.807) is 6.92 Å². The molecule has 0 N–H and O–H groups in total. The van der Waals surface area contributed by atoms with Crippen molar-refractivity contribution in [3.8, 4) is 0 Å². The maximum atomic E-state index is 12.5. The number of hydrogen-bond acceptors (Lipinski definition) is 2. The Labute approximate surface area is 114 Å². The summed E-state index contributed by atoms with van der Waals surface area (Å²) >= 11 is 0. The lowest BCUT2D eigenvalue weighted by molar-refractivity contribution is -0.115. The van der Waals surface area contributed by atoms with Crippen LogP contribution >= 0.6 is 0 Å². The fourth-order valence-corrected chi connectivity index (χ4v) is 2.73. The lowest BCUT2D eigenvalue weighted by atomic mass is 9.79. The predicted octanol–water partition coefficient (Wildman–Crippen LogP) is 3.76. The molecule has 0 amide bonds. The molecule has 0 saturated heterocycles. The highest BCUT2D eigenvalue weighted by Crippen LogP contribution is 2.33. The average Bonchev–Trinajstić information content (AvgIpc) is 2.41. The van der Waals surface area contributed by atoms with Gasteiger partial charge in [-0.05, 0) is 30.0 Å². The topological polar surface area (TPSA) is 34.1 Å². The Morgan fingerprint density at radius 2 is 1.95 bits per heavy atom. The normalized spacial score (nSPS) is 18.0. The van der Waals surface area contributed by atoms with E-state index in [1.807, 2.05) is 19.9 Å². The first-order chi connectivity index (χ1) is 8.99. The Kier molecular flexibility index (Phi) is 3.70. The molecule has 0 aliphatic heterocycles. The first kappa shape index (κ1) is 13.7. The first-order valence-corrected chi connectivity index (χ1v) is 6.92. The molecule has 1 aliphatic rings. The van der Waals surface area contributed by atoms with Gasteiger partial charge in [-0.2, -0.15) is 0 Å². The van der Waals surface area contributed by atoms with Crippen LogP contribution in [0.2, 0.25) is 0 Å². The van der Waals surface area contributed by atoms with Crippen molar-refractivity contribution in [1.29, 1.82) is 0 Å². The van der Waals surface area contributed by atoms with Crippen molar-refractivity contribution in [3.05, 3.63) is 46.0 Å². The van der Waals surface area contributed by atoms with Gasteiger partial charge in [-0.25, -0.2) is 0 Å². The highest BCUT2D eigenvalue weighted by molar-refractivity contribution is 6.28. The van der Waals surface area contributed by atoms with Crippen LogP contribution in [-0.4, -0.2) is 11.6 Å². The SMILES string of the molecule is CCC(=O)C1=CC(C)c2cc(CC)cc(C)c2C1=O. The minimum Gasteiger partial charge on any atom is -0.294 e. The van der Waals surface area contributed by atoms with E-state index < -0.39 is 0 Å². The third-order valence-corrected chi connectivity index (χ3v) is 3.83. The fourth-order valence-electron chi connectivity index (χ4n) is 2.73. The lowest BCUT2D eigenvalue weighted by Crippen LogP contribution is -2.21. The third kappa shape index (κ3) is 2.27. The Bertz CT molecular complexity index is 579. The summed E-state index contributed by atoms with van der Waals surface area (Å²) in [6, 6.07) is 4.16. The fraction of sp³-hybridized carbons (Fsp3) is 0.412. The molecule has 2 rings (SSSR count). The van der Waals surface area contributed by atoms with Gasteiger partial charge in [-0.1, -0.05) is 39.0 Å². The maximum Gasteiger partial charge on any atom is 0.196 e. The minimum atomic E-state index is -0.0971. The van der Waals surface area contributed by atoms with E-state index in [4.69, 9.17) is 0 Å². The van der Waals surface area contributed by atoms with Gasteiger partial charge in [0, 0.05) is 17.9 Å². The van der Waals surface area contributed by atoms with Gasteiger partial charge in [-0.3, -0.25) is 9.59 Å². The van der Waals surface area contributed by atoms with Crippen molar-refractivity contribution >= 4 is 11.6 Å². The highest BCUT2D eigenvalue weighted by Gasteiger charge is 2.29. The van der Waals surface area contributed by atoms with Gasteiger partial charge in [-0.15, -0.1) is 0 Å². The second-order valence-corrected chi connectivity index (χ2v) is 5.21. The van der Waals surface area contributed by atoms with E-state index in [1.165, 1.54) is 5.56 Å². The monoisotopic (exact) mass is 256 g/mol.